The molecule has 2 N–H and O–H groups in total. The molecule has 7 nitrogen and oxygen atoms in total. The molecule has 1 atom stereocenters. The Labute approximate surface area is 143 Å². The molecule has 3 amide bonds. The van der Waals surface area contributed by atoms with Gasteiger partial charge in [-0.2, -0.15) is 17.6 Å². The van der Waals surface area contributed by atoms with Crippen LogP contribution in [-0.4, -0.2) is 30.4 Å². The van der Waals surface area contributed by atoms with Gasteiger partial charge in [0.05, 0.1) is 0 Å². The summed E-state index contributed by atoms with van der Waals surface area (Å²) in [5, 5.41) is 4.38. The van der Waals surface area contributed by atoms with Crippen molar-refractivity contribution in [2.24, 2.45) is 0 Å². The van der Waals surface area contributed by atoms with Gasteiger partial charge in [-0.25, -0.2) is 0 Å². The number of piperidine rings is 1. The van der Waals surface area contributed by atoms with E-state index < -0.39 is 48.0 Å². The van der Waals surface area contributed by atoms with Crippen LogP contribution in [0.15, 0.2) is 30.5 Å². The number of carbonyl (C=O) groups excluding carboxylic acids is 3. The van der Waals surface area contributed by atoms with Crippen LogP contribution in [0.5, 0.6) is 11.5 Å². The Balaban J connectivity index is 2.17. The smallest absolute Gasteiger partial charge is 0.387 e. The average molecular weight is 376 g/mol. The molecule has 26 heavy (non-hydrogen) atoms. The monoisotopic (exact) mass is 376 g/mol. The van der Waals surface area contributed by atoms with E-state index in [1.54, 1.807) is 0 Å². The van der Waals surface area contributed by atoms with Crippen LogP contribution in [-0.2, 0) is 9.59 Å². The molecule has 0 spiro atoms. The van der Waals surface area contributed by atoms with Crippen molar-refractivity contribution in [2.75, 3.05) is 0 Å². The highest BCUT2D eigenvalue weighted by atomic mass is 19.3. The van der Waals surface area contributed by atoms with Crippen molar-refractivity contribution in [1.82, 2.24) is 10.6 Å². The van der Waals surface area contributed by atoms with Crippen LogP contribution in [0, 0.1) is 0 Å². The van der Waals surface area contributed by atoms with Crippen LogP contribution in [0.4, 0.5) is 17.6 Å². The van der Waals surface area contributed by atoms with Gasteiger partial charge in [-0.1, -0.05) is 0 Å². The Morgan fingerprint density at radius 2 is 2.00 bits per heavy atom. The van der Waals surface area contributed by atoms with Crippen molar-refractivity contribution in [3.05, 3.63) is 36.1 Å². The zero-order valence-electron chi connectivity index (χ0n) is 12.9. The Morgan fingerprint density at radius 1 is 1.27 bits per heavy atom. The van der Waals surface area contributed by atoms with Gasteiger partial charge >= 0.3 is 12.7 Å². The zero-order valence-corrected chi connectivity index (χ0v) is 12.9. The summed E-state index contributed by atoms with van der Waals surface area (Å²) in [6.07, 6.45) is -2.06. The van der Waals surface area contributed by atoms with Crippen LogP contribution >= 0.6 is 0 Å². The number of imide groups is 1. The lowest BCUT2D eigenvalue weighted by Gasteiger charge is -2.22. The van der Waals surface area contributed by atoms with E-state index in [1.165, 1.54) is 0 Å². The van der Waals surface area contributed by atoms with E-state index in [1.807, 2.05) is 5.32 Å². The Morgan fingerprint density at radius 3 is 2.62 bits per heavy atom. The van der Waals surface area contributed by atoms with Crippen molar-refractivity contribution in [3.63, 3.8) is 0 Å². The summed E-state index contributed by atoms with van der Waals surface area (Å²) in [6.45, 7) is -3.29. The second-order valence-electron chi connectivity index (χ2n) is 5.04. The van der Waals surface area contributed by atoms with E-state index in [0.29, 0.717) is 0 Å². The summed E-state index contributed by atoms with van der Waals surface area (Å²) >= 11 is 0. The minimum atomic E-state index is -3.29. The van der Waals surface area contributed by atoms with Crippen molar-refractivity contribution < 1.29 is 41.4 Å². The van der Waals surface area contributed by atoms with E-state index in [0.717, 1.165) is 18.2 Å². The van der Waals surface area contributed by atoms with Gasteiger partial charge in [-0.05, 0) is 24.6 Å². The molecule has 1 aromatic rings. The number of rotatable bonds is 6. The fourth-order valence-corrected chi connectivity index (χ4v) is 2.12. The SMILES string of the molecule is O=C1CC[C@H](NC(=O)c2ccc(OC=C(F)F)c(OC(F)F)c2)C(=O)N1. The normalized spacial score (nSPS) is 16.7. The number of carbonyl (C=O) groups is 3. The first-order valence-corrected chi connectivity index (χ1v) is 7.17. The number of ether oxygens (including phenoxy) is 2. The minimum Gasteiger partial charge on any atom is -0.455 e. The maximum atomic E-state index is 12.5. The minimum absolute atomic E-state index is 0.0246. The molecule has 1 fully saturated rings. The Kier molecular flexibility index (Phi) is 6.15. The van der Waals surface area contributed by atoms with E-state index in [9.17, 15) is 31.9 Å². The zero-order chi connectivity index (χ0) is 19.3. The van der Waals surface area contributed by atoms with Crippen LogP contribution in [0.2, 0.25) is 0 Å². The summed E-state index contributed by atoms with van der Waals surface area (Å²) < 4.78 is 57.7. The molecule has 0 bridgehead atoms. The predicted molar refractivity (Wildman–Crippen MR) is 77.6 cm³/mol. The van der Waals surface area contributed by atoms with Gasteiger partial charge in [-0.15, -0.1) is 0 Å². The van der Waals surface area contributed by atoms with Crippen LogP contribution < -0.4 is 20.1 Å². The predicted octanol–water partition coefficient (Wildman–Crippen LogP) is 1.94. The van der Waals surface area contributed by atoms with E-state index in [4.69, 9.17) is 0 Å². The first kappa shape index (κ1) is 19.2. The third-order valence-electron chi connectivity index (χ3n) is 3.24. The van der Waals surface area contributed by atoms with Gasteiger partial charge in [-0.3, -0.25) is 19.7 Å². The maximum absolute atomic E-state index is 12.5. The van der Waals surface area contributed by atoms with E-state index in [2.05, 4.69) is 14.8 Å². The maximum Gasteiger partial charge on any atom is 0.387 e. The van der Waals surface area contributed by atoms with Crippen molar-refractivity contribution in [1.29, 1.82) is 0 Å². The first-order valence-electron chi connectivity index (χ1n) is 7.17. The topological polar surface area (TPSA) is 93.7 Å². The summed E-state index contributed by atoms with van der Waals surface area (Å²) in [5.41, 5.74) is -0.178. The van der Waals surface area contributed by atoms with Crippen molar-refractivity contribution in [3.8, 4) is 11.5 Å². The third kappa shape index (κ3) is 5.19. The second kappa shape index (κ2) is 8.32. The third-order valence-corrected chi connectivity index (χ3v) is 3.24. The summed E-state index contributed by atoms with van der Waals surface area (Å²) in [7, 11) is 0. The van der Waals surface area contributed by atoms with Gasteiger partial charge in [0.15, 0.2) is 17.8 Å². The number of amides is 3. The summed E-state index contributed by atoms with van der Waals surface area (Å²) in [6, 6.07) is 1.97. The lowest BCUT2D eigenvalue weighted by atomic mass is 10.1. The molecule has 140 valence electrons. The van der Waals surface area contributed by atoms with Gasteiger partial charge in [0.25, 0.3) is 5.91 Å². The summed E-state index contributed by atoms with van der Waals surface area (Å²) in [4.78, 5) is 34.8. The van der Waals surface area contributed by atoms with E-state index >= 15 is 0 Å². The molecule has 1 aromatic carbocycles. The first-order chi connectivity index (χ1) is 12.3. The molecule has 1 saturated heterocycles. The van der Waals surface area contributed by atoms with E-state index in [-0.39, 0.29) is 24.7 Å². The highest BCUT2D eigenvalue weighted by Crippen LogP contribution is 2.30. The molecule has 0 radical (unpaired) electrons. The Hall–Kier alpha value is -3.11. The number of nitrogens with one attached hydrogen (secondary N) is 2. The largest absolute Gasteiger partial charge is 0.455 e. The molecular weight excluding hydrogens is 364 g/mol. The molecule has 0 aromatic heterocycles. The van der Waals surface area contributed by atoms with Crippen LogP contribution in [0.3, 0.4) is 0 Å². The number of hydrogen-bond acceptors (Lipinski definition) is 5. The number of halogens is 4. The quantitative estimate of drug-likeness (QED) is 0.450. The fraction of sp³-hybridized carbons (Fsp3) is 0.267. The van der Waals surface area contributed by atoms with Crippen LogP contribution in [0.25, 0.3) is 0 Å². The molecule has 1 aliphatic rings. The molecule has 0 unspecified atom stereocenters. The fourth-order valence-electron chi connectivity index (χ4n) is 2.12. The lowest BCUT2D eigenvalue weighted by Crippen LogP contribution is -2.52. The highest BCUT2D eigenvalue weighted by Gasteiger charge is 2.28. The molecule has 11 heteroatoms. The standard InChI is InChI=1S/C15H12F4N2O5/c16-11(17)6-25-9-3-1-7(5-10(9)26-15(18)19)13(23)20-8-2-4-12(22)21-14(8)24/h1,3,5-6,8,15H,2,4H2,(H,20,23)(H,21,22,24)/t8-/m0/s1. The number of hydrogen-bond donors (Lipinski definition) is 2. The molecule has 0 aliphatic carbocycles. The molecule has 0 saturated carbocycles. The molecule has 1 aliphatic heterocycles. The summed E-state index contributed by atoms with van der Waals surface area (Å²) in [5.74, 6) is -3.08. The van der Waals surface area contributed by atoms with Gasteiger partial charge in [0.1, 0.15) is 6.04 Å². The van der Waals surface area contributed by atoms with Crippen molar-refractivity contribution in [2.45, 2.75) is 25.5 Å². The van der Waals surface area contributed by atoms with Gasteiger partial charge in [0, 0.05) is 12.0 Å². The molecular formula is C15H12F4N2O5. The van der Waals surface area contributed by atoms with Crippen molar-refractivity contribution >= 4 is 17.7 Å². The Bertz CT molecular complexity index is 750. The average Bonchev–Trinajstić information content (AvgIpc) is 2.55. The van der Waals surface area contributed by atoms with Gasteiger partial charge in [0.2, 0.25) is 11.8 Å². The molecule has 2 rings (SSSR count). The second-order valence-corrected chi connectivity index (χ2v) is 5.04. The number of benzene rings is 1. The van der Waals surface area contributed by atoms with Crippen LogP contribution in [0.1, 0.15) is 23.2 Å². The lowest BCUT2D eigenvalue weighted by molar-refractivity contribution is -0.134. The van der Waals surface area contributed by atoms with Gasteiger partial charge < -0.3 is 14.8 Å². The highest BCUT2D eigenvalue weighted by molar-refractivity contribution is 6.03. The number of alkyl halides is 2. The molecule has 1 heterocycles.